The van der Waals surface area contributed by atoms with Gasteiger partial charge in [-0.25, -0.2) is 4.79 Å². The first-order chi connectivity index (χ1) is 18.2. The number of nitro groups is 1. The van der Waals surface area contributed by atoms with Crippen LogP contribution in [0.1, 0.15) is 37.9 Å². The van der Waals surface area contributed by atoms with Crippen molar-refractivity contribution in [3.8, 4) is 6.07 Å². The Hall–Kier alpha value is -4.79. The largest absolute Gasteiger partial charge is 0.453 e. The molecule has 0 bridgehead atoms. The van der Waals surface area contributed by atoms with Gasteiger partial charge in [-0.2, -0.15) is 10.4 Å². The molecule has 190 valence electrons. The zero-order valence-electron chi connectivity index (χ0n) is 19.1. The number of nitrogens with two attached hydrogens (primary N) is 1. The van der Waals surface area contributed by atoms with Gasteiger partial charge in [0.05, 0.1) is 31.8 Å². The third-order valence-electron chi connectivity index (χ3n) is 5.76. The lowest BCUT2D eigenvalue weighted by Gasteiger charge is -2.23. The zero-order chi connectivity index (χ0) is 27.6. The molecule has 3 aromatic carbocycles. The Morgan fingerprint density at radius 3 is 2.53 bits per heavy atom. The third-order valence-corrected chi connectivity index (χ3v) is 6.50. The average Bonchev–Trinajstić information content (AvgIpc) is 3.24. The van der Waals surface area contributed by atoms with Crippen LogP contribution in [-0.2, 0) is 9.53 Å². The SMILES string of the molecule is N#Cc1cc([N+](=O)[O-])ccc1NC(=O)/C(=N/N)C(C(=O)c1ccc(Cl)c(Cl)c1)C1OC(=O)c2ccccc21. The second-order valence-corrected chi connectivity index (χ2v) is 8.77. The van der Waals surface area contributed by atoms with E-state index in [1.807, 2.05) is 0 Å². The number of amides is 1. The number of nitriles is 1. The molecule has 1 aliphatic heterocycles. The summed E-state index contributed by atoms with van der Waals surface area (Å²) >= 11 is 12.1. The van der Waals surface area contributed by atoms with Gasteiger partial charge in [-0.3, -0.25) is 19.7 Å². The summed E-state index contributed by atoms with van der Waals surface area (Å²) in [5.41, 5.74) is -0.636. The summed E-state index contributed by atoms with van der Waals surface area (Å²) in [6, 6.07) is 15.3. The second-order valence-electron chi connectivity index (χ2n) is 7.95. The van der Waals surface area contributed by atoms with E-state index < -0.39 is 40.3 Å². The molecule has 2 unspecified atom stereocenters. The molecule has 13 heteroatoms. The summed E-state index contributed by atoms with van der Waals surface area (Å²) in [5.74, 6) is 1.63. The van der Waals surface area contributed by atoms with Gasteiger partial charge in [-0.15, -0.1) is 0 Å². The molecule has 1 aliphatic rings. The van der Waals surface area contributed by atoms with Crippen LogP contribution >= 0.6 is 23.2 Å². The van der Waals surface area contributed by atoms with Gasteiger partial charge in [0.15, 0.2) is 5.78 Å². The lowest BCUT2D eigenvalue weighted by atomic mass is 9.84. The summed E-state index contributed by atoms with van der Waals surface area (Å²) < 4.78 is 5.50. The fourth-order valence-corrected chi connectivity index (χ4v) is 4.27. The summed E-state index contributed by atoms with van der Waals surface area (Å²) in [6.07, 6.45) is -1.28. The van der Waals surface area contributed by atoms with Gasteiger partial charge in [0.25, 0.3) is 11.6 Å². The van der Waals surface area contributed by atoms with Gasteiger partial charge in [-0.05, 0) is 30.3 Å². The molecule has 38 heavy (non-hydrogen) atoms. The second kappa shape index (κ2) is 10.7. The number of anilines is 1. The number of nitrogens with one attached hydrogen (secondary N) is 1. The van der Waals surface area contributed by atoms with Crippen molar-refractivity contribution < 1.29 is 24.0 Å². The molecule has 0 saturated carbocycles. The van der Waals surface area contributed by atoms with Crippen LogP contribution in [0.3, 0.4) is 0 Å². The van der Waals surface area contributed by atoms with Crippen molar-refractivity contribution in [1.82, 2.24) is 0 Å². The van der Waals surface area contributed by atoms with Crippen molar-refractivity contribution >= 4 is 57.9 Å². The maximum atomic E-state index is 13.8. The van der Waals surface area contributed by atoms with Crippen molar-refractivity contribution in [3.63, 3.8) is 0 Å². The lowest BCUT2D eigenvalue weighted by molar-refractivity contribution is -0.384. The van der Waals surface area contributed by atoms with E-state index >= 15 is 0 Å². The standard InChI is InChI=1S/C25H15Cl2N5O6/c26-17-7-5-12(10-18(17)27)22(33)20(23-15-3-1-2-4-16(15)25(35)38-23)21(31-29)24(34)30-19-8-6-14(32(36)37)9-13(19)11-28/h1-10,20,23H,29H2,(H,30,34)/b31-21+. The Morgan fingerprint density at radius 1 is 1.13 bits per heavy atom. The molecule has 2 atom stereocenters. The van der Waals surface area contributed by atoms with Crippen LogP contribution in [0.5, 0.6) is 0 Å². The Balaban J connectivity index is 1.78. The van der Waals surface area contributed by atoms with Crippen LogP contribution < -0.4 is 11.2 Å². The Labute approximate surface area is 224 Å². The Morgan fingerprint density at radius 2 is 1.87 bits per heavy atom. The molecule has 0 radical (unpaired) electrons. The fourth-order valence-electron chi connectivity index (χ4n) is 3.97. The summed E-state index contributed by atoms with van der Waals surface area (Å²) in [5, 5.41) is 26.7. The number of esters is 1. The molecule has 3 aromatic rings. The average molecular weight is 552 g/mol. The topological polar surface area (TPSA) is 178 Å². The molecule has 0 saturated heterocycles. The number of non-ortho nitro benzene ring substituents is 1. The van der Waals surface area contributed by atoms with Crippen LogP contribution in [0.25, 0.3) is 0 Å². The van der Waals surface area contributed by atoms with E-state index in [2.05, 4.69) is 10.4 Å². The van der Waals surface area contributed by atoms with Gasteiger partial charge < -0.3 is 15.9 Å². The number of ketones is 1. The van der Waals surface area contributed by atoms with Crippen LogP contribution in [-0.4, -0.2) is 28.3 Å². The van der Waals surface area contributed by atoms with E-state index in [-0.39, 0.29) is 38.1 Å². The highest BCUT2D eigenvalue weighted by atomic mass is 35.5. The fraction of sp³-hybridized carbons (Fsp3) is 0.0800. The van der Waals surface area contributed by atoms with E-state index in [0.717, 1.165) is 18.2 Å². The number of carbonyl (C=O) groups is 3. The number of ether oxygens (including phenoxy) is 1. The molecule has 4 rings (SSSR count). The molecule has 0 fully saturated rings. The number of rotatable bonds is 7. The van der Waals surface area contributed by atoms with Crippen LogP contribution in [0, 0.1) is 27.4 Å². The van der Waals surface area contributed by atoms with Gasteiger partial charge in [-0.1, -0.05) is 41.4 Å². The number of hydrogen-bond donors (Lipinski definition) is 2. The quantitative estimate of drug-likeness (QED) is 0.108. The van der Waals surface area contributed by atoms with Crippen molar-refractivity contribution in [3.05, 3.63) is 103 Å². The number of hydrogen-bond acceptors (Lipinski definition) is 9. The first-order valence-electron chi connectivity index (χ1n) is 10.7. The highest BCUT2D eigenvalue weighted by Crippen LogP contribution is 2.39. The van der Waals surface area contributed by atoms with E-state index in [0.29, 0.717) is 5.56 Å². The Kier molecular flexibility index (Phi) is 7.38. The number of fused-ring (bicyclic) bond motifs is 1. The number of cyclic esters (lactones) is 1. The minimum atomic E-state index is -1.53. The van der Waals surface area contributed by atoms with Gasteiger partial charge >= 0.3 is 5.97 Å². The number of nitrogens with zero attached hydrogens (tertiary/aromatic N) is 3. The normalized spacial score (nSPS) is 15.1. The molecule has 11 nitrogen and oxygen atoms in total. The highest BCUT2D eigenvalue weighted by Gasteiger charge is 2.45. The monoisotopic (exact) mass is 551 g/mol. The van der Waals surface area contributed by atoms with Gasteiger partial charge in [0, 0.05) is 23.3 Å². The maximum absolute atomic E-state index is 13.8. The number of carbonyl (C=O) groups excluding carboxylic acids is 3. The number of halogens is 2. The van der Waals surface area contributed by atoms with Crippen molar-refractivity contribution in [2.45, 2.75) is 6.10 Å². The zero-order valence-corrected chi connectivity index (χ0v) is 20.6. The first kappa shape index (κ1) is 26.3. The summed E-state index contributed by atoms with van der Waals surface area (Å²) in [6.45, 7) is 0. The molecule has 0 aliphatic carbocycles. The van der Waals surface area contributed by atoms with Crippen LogP contribution in [0.4, 0.5) is 11.4 Å². The first-order valence-corrected chi connectivity index (χ1v) is 11.5. The maximum Gasteiger partial charge on any atom is 0.339 e. The Bertz CT molecular complexity index is 1580. The number of benzene rings is 3. The molecule has 1 amide bonds. The number of hydrazone groups is 1. The van der Waals surface area contributed by atoms with E-state index in [4.69, 9.17) is 33.8 Å². The molecule has 1 heterocycles. The lowest BCUT2D eigenvalue weighted by Crippen LogP contribution is -2.39. The molecule has 3 N–H and O–H groups in total. The molecular formula is C25H15Cl2N5O6. The number of nitro benzene ring substituents is 1. The predicted octanol–water partition coefficient (Wildman–Crippen LogP) is 4.44. The summed E-state index contributed by atoms with van der Waals surface area (Å²) in [7, 11) is 0. The molecular weight excluding hydrogens is 537 g/mol. The van der Waals surface area contributed by atoms with E-state index in [1.165, 1.54) is 24.3 Å². The van der Waals surface area contributed by atoms with Crippen molar-refractivity contribution in [2.75, 3.05) is 5.32 Å². The smallest absolute Gasteiger partial charge is 0.339 e. The van der Waals surface area contributed by atoms with Crippen LogP contribution in [0.15, 0.2) is 65.8 Å². The van der Waals surface area contributed by atoms with E-state index in [9.17, 15) is 29.8 Å². The summed E-state index contributed by atoms with van der Waals surface area (Å²) in [4.78, 5) is 50.0. The van der Waals surface area contributed by atoms with Gasteiger partial charge in [0.1, 0.15) is 23.8 Å². The minimum absolute atomic E-state index is 0.0341. The third kappa shape index (κ3) is 4.90. The minimum Gasteiger partial charge on any atom is -0.453 e. The van der Waals surface area contributed by atoms with E-state index in [1.54, 1.807) is 24.3 Å². The highest BCUT2D eigenvalue weighted by molar-refractivity contribution is 6.48. The van der Waals surface area contributed by atoms with Crippen molar-refractivity contribution in [2.24, 2.45) is 16.9 Å². The van der Waals surface area contributed by atoms with Gasteiger partial charge in [0.2, 0.25) is 0 Å². The van der Waals surface area contributed by atoms with Crippen LogP contribution in [0.2, 0.25) is 10.0 Å². The molecule has 0 spiro atoms. The van der Waals surface area contributed by atoms with Crippen molar-refractivity contribution in [1.29, 1.82) is 5.26 Å². The number of Topliss-reactive ketones (excluding diaryl/α,β-unsaturated/α-hetero) is 1. The molecule has 0 aromatic heterocycles. The predicted molar refractivity (Wildman–Crippen MR) is 137 cm³/mol.